The highest BCUT2D eigenvalue weighted by Crippen LogP contribution is 2.25. The molecule has 0 heterocycles. The molecule has 9 heteroatoms. The van der Waals surface area contributed by atoms with Gasteiger partial charge in [0.2, 0.25) is 0 Å². The number of benzene rings is 2. The Balaban J connectivity index is 1.75. The van der Waals surface area contributed by atoms with Gasteiger partial charge in [-0.1, -0.05) is 26.0 Å². The molecule has 0 fully saturated rings. The van der Waals surface area contributed by atoms with Crippen molar-refractivity contribution in [1.82, 2.24) is 16.2 Å². The van der Waals surface area contributed by atoms with Crippen LogP contribution in [-0.2, 0) is 4.79 Å². The second-order valence-electron chi connectivity index (χ2n) is 6.47. The number of hydrazine groups is 1. The van der Waals surface area contributed by atoms with Gasteiger partial charge in [0.05, 0.1) is 11.6 Å². The maximum absolute atomic E-state index is 12.2. The van der Waals surface area contributed by atoms with E-state index in [4.69, 9.17) is 21.7 Å². The summed E-state index contributed by atoms with van der Waals surface area (Å²) in [4.78, 5) is 24.1. The summed E-state index contributed by atoms with van der Waals surface area (Å²) in [5, 5.41) is 2.43. The van der Waals surface area contributed by atoms with Gasteiger partial charge >= 0.3 is 0 Å². The van der Waals surface area contributed by atoms with Crippen LogP contribution in [0.5, 0.6) is 11.5 Å². The molecule has 2 rings (SSSR count). The Labute approximate surface area is 189 Å². The number of ether oxygens (including phenoxy) is 2. The monoisotopic (exact) mass is 493 g/mol. The molecule has 160 valence electrons. The number of methoxy groups -OCH3 is 1. The summed E-state index contributed by atoms with van der Waals surface area (Å²) >= 11 is 8.34. The number of hydrogen-bond donors (Lipinski definition) is 3. The molecule has 1 unspecified atom stereocenters. The lowest BCUT2D eigenvalue weighted by Gasteiger charge is -2.13. The zero-order chi connectivity index (χ0) is 22.1. The average molecular weight is 494 g/mol. The third kappa shape index (κ3) is 7.00. The van der Waals surface area contributed by atoms with Crippen LogP contribution in [0.3, 0.4) is 0 Å². The molecule has 3 N–H and O–H groups in total. The number of carbonyl (C=O) groups excluding carboxylic acids is 2. The molecule has 7 nitrogen and oxygen atoms in total. The number of halogens is 1. The van der Waals surface area contributed by atoms with Crippen LogP contribution >= 0.6 is 28.1 Å². The van der Waals surface area contributed by atoms with Crippen molar-refractivity contribution in [3.63, 3.8) is 0 Å². The highest BCUT2D eigenvalue weighted by molar-refractivity contribution is 9.10. The van der Waals surface area contributed by atoms with Gasteiger partial charge in [-0.2, -0.15) is 0 Å². The van der Waals surface area contributed by atoms with Crippen LogP contribution in [-0.4, -0.2) is 30.6 Å². The predicted molar refractivity (Wildman–Crippen MR) is 123 cm³/mol. The first-order chi connectivity index (χ1) is 14.3. The smallest absolute Gasteiger partial charge is 0.276 e. The Hall–Kier alpha value is -2.65. The molecule has 2 amide bonds. The molecule has 0 aromatic heterocycles. The number of thiocarbonyl (C=S) groups is 1. The first kappa shape index (κ1) is 23.6. The van der Waals surface area contributed by atoms with Crippen molar-refractivity contribution in [3.8, 4) is 11.5 Å². The lowest BCUT2D eigenvalue weighted by molar-refractivity contribution is -0.123. The summed E-state index contributed by atoms with van der Waals surface area (Å²) in [6.07, 6.45) is 1.06. The van der Waals surface area contributed by atoms with Crippen LogP contribution in [0, 0.1) is 0 Å². The van der Waals surface area contributed by atoms with E-state index in [1.165, 1.54) is 12.7 Å². The van der Waals surface area contributed by atoms with Crippen molar-refractivity contribution in [1.29, 1.82) is 0 Å². The first-order valence-electron chi connectivity index (χ1n) is 9.30. The Kier molecular flexibility index (Phi) is 9.07. The van der Waals surface area contributed by atoms with Gasteiger partial charge in [-0.3, -0.25) is 25.8 Å². The maximum Gasteiger partial charge on any atom is 0.276 e. The lowest BCUT2D eigenvalue weighted by Crippen LogP contribution is -2.49. The van der Waals surface area contributed by atoms with Gasteiger partial charge in [-0.15, -0.1) is 0 Å². The van der Waals surface area contributed by atoms with Gasteiger partial charge in [0.15, 0.2) is 11.7 Å². The van der Waals surface area contributed by atoms with Gasteiger partial charge in [0, 0.05) is 5.56 Å². The second kappa shape index (κ2) is 11.5. The topological polar surface area (TPSA) is 88.7 Å². The van der Waals surface area contributed by atoms with Crippen LogP contribution in [0.4, 0.5) is 0 Å². The molecule has 2 aromatic carbocycles. The number of carbonyl (C=O) groups is 2. The molecule has 0 aliphatic heterocycles. The molecule has 0 aliphatic rings. The van der Waals surface area contributed by atoms with Crippen LogP contribution < -0.4 is 25.6 Å². The third-order valence-electron chi connectivity index (χ3n) is 4.39. The summed E-state index contributed by atoms with van der Waals surface area (Å²) < 4.78 is 11.2. The Morgan fingerprint density at radius 2 is 1.83 bits per heavy atom. The molecule has 0 saturated heterocycles. The zero-order valence-corrected chi connectivity index (χ0v) is 19.4. The molecular weight excluding hydrogens is 470 g/mol. The van der Waals surface area contributed by atoms with Crippen molar-refractivity contribution < 1.29 is 19.1 Å². The van der Waals surface area contributed by atoms with E-state index in [1.807, 2.05) is 24.3 Å². The van der Waals surface area contributed by atoms with E-state index in [0.717, 1.165) is 6.42 Å². The van der Waals surface area contributed by atoms with E-state index < -0.39 is 11.8 Å². The van der Waals surface area contributed by atoms with E-state index in [-0.39, 0.29) is 11.7 Å². The second-order valence-corrected chi connectivity index (χ2v) is 7.74. The van der Waals surface area contributed by atoms with E-state index in [9.17, 15) is 9.59 Å². The summed E-state index contributed by atoms with van der Waals surface area (Å²) in [7, 11) is 1.53. The number of hydrogen-bond acceptors (Lipinski definition) is 5. The van der Waals surface area contributed by atoms with Crippen molar-refractivity contribution in [2.45, 2.75) is 26.2 Å². The van der Waals surface area contributed by atoms with Crippen LogP contribution in [0.15, 0.2) is 46.9 Å². The fourth-order valence-corrected chi connectivity index (χ4v) is 3.14. The van der Waals surface area contributed by atoms with Crippen molar-refractivity contribution in [3.05, 3.63) is 58.1 Å². The number of amides is 2. The molecule has 2 aromatic rings. The summed E-state index contributed by atoms with van der Waals surface area (Å²) in [6, 6.07) is 12.5. The normalized spacial score (nSPS) is 11.2. The molecular formula is C21H24BrN3O4S. The van der Waals surface area contributed by atoms with E-state index in [0.29, 0.717) is 27.5 Å². The molecule has 0 aliphatic carbocycles. The maximum atomic E-state index is 12.2. The minimum Gasteiger partial charge on any atom is -0.496 e. The predicted octanol–water partition coefficient (Wildman–Crippen LogP) is 3.69. The SMILES string of the molecule is CCC(C)c1ccc(OCC(=O)NNC(=S)NC(=O)c2ccc(OC)c(Br)c2)cc1. The molecule has 0 spiro atoms. The van der Waals surface area contributed by atoms with Crippen LogP contribution in [0.2, 0.25) is 0 Å². The fraction of sp³-hybridized carbons (Fsp3) is 0.286. The quantitative estimate of drug-likeness (QED) is 0.402. The average Bonchev–Trinajstić information content (AvgIpc) is 2.75. The third-order valence-corrected chi connectivity index (χ3v) is 5.21. The van der Waals surface area contributed by atoms with E-state index >= 15 is 0 Å². The minimum atomic E-state index is -0.440. The van der Waals surface area contributed by atoms with Crippen molar-refractivity contribution in [2.24, 2.45) is 0 Å². The number of rotatable bonds is 7. The summed E-state index contributed by atoms with van der Waals surface area (Å²) in [5.41, 5.74) is 6.45. The summed E-state index contributed by atoms with van der Waals surface area (Å²) in [6.45, 7) is 4.09. The Morgan fingerprint density at radius 1 is 1.13 bits per heavy atom. The van der Waals surface area contributed by atoms with Crippen LogP contribution in [0.25, 0.3) is 0 Å². The highest BCUT2D eigenvalue weighted by Gasteiger charge is 2.11. The van der Waals surface area contributed by atoms with Gasteiger partial charge in [-0.05, 0) is 76.4 Å². The van der Waals surface area contributed by atoms with Crippen molar-refractivity contribution in [2.75, 3.05) is 13.7 Å². The highest BCUT2D eigenvalue weighted by atomic mass is 79.9. The molecule has 30 heavy (non-hydrogen) atoms. The minimum absolute atomic E-state index is 0.0433. The Bertz CT molecular complexity index is 906. The van der Waals surface area contributed by atoms with E-state index in [1.54, 1.807) is 18.2 Å². The first-order valence-corrected chi connectivity index (χ1v) is 10.5. The molecule has 0 bridgehead atoms. The van der Waals surface area contributed by atoms with Crippen molar-refractivity contribution >= 4 is 45.1 Å². The summed E-state index contributed by atoms with van der Waals surface area (Å²) in [5.74, 6) is 0.807. The zero-order valence-electron chi connectivity index (χ0n) is 17.0. The molecule has 1 atom stereocenters. The molecule has 0 radical (unpaired) electrons. The Morgan fingerprint density at radius 3 is 2.43 bits per heavy atom. The van der Waals surface area contributed by atoms with Gasteiger partial charge in [-0.25, -0.2) is 0 Å². The largest absolute Gasteiger partial charge is 0.496 e. The van der Waals surface area contributed by atoms with E-state index in [2.05, 4.69) is 45.9 Å². The number of nitrogens with one attached hydrogen (secondary N) is 3. The van der Waals surface area contributed by atoms with Gasteiger partial charge < -0.3 is 9.47 Å². The standard InChI is InChI=1S/C21H24BrN3O4S/c1-4-13(2)14-5-8-16(9-6-14)29-12-19(26)24-25-21(30)23-20(27)15-7-10-18(28-3)17(22)11-15/h5-11,13H,4,12H2,1-3H3,(H,24,26)(H2,23,25,27,30). The fourth-order valence-electron chi connectivity index (χ4n) is 2.45. The van der Waals surface area contributed by atoms with Crippen LogP contribution in [0.1, 0.15) is 42.1 Å². The van der Waals surface area contributed by atoms with Gasteiger partial charge in [0.1, 0.15) is 11.5 Å². The molecule has 0 saturated carbocycles. The van der Waals surface area contributed by atoms with Gasteiger partial charge in [0.25, 0.3) is 11.8 Å². The lowest BCUT2D eigenvalue weighted by atomic mass is 9.99.